The smallest absolute Gasteiger partial charge is 0.0238 e. The number of hydrogen-bond donors (Lipinski definition) is 2. The normalized spacial score (nSPS) is 26.8. The molecule has 1 saturated carbocycles. The zero-order chi connectivity index (χ0) is 13.5. The highest BCUT2D eigenvalue weighted by Gasteiger charge is 2.27. The van der Waals surface area contributed by atoms with Crippen LogP contribution in [0.3, 0.4) is 0 Å². The zero-order valence-corrected chi connectivity index (χ0v) is 12.9. The van der Waals surface area contributed by atoms with E-state index in [0.717, 1.165) is 23.7 Å². The van der Waals surface area contributed by atoms with Crippen LogP contribution < -0.4 is 11.3 Å². The van der Waals surface area contributed by atoms with Gasteiger partial charge in [-0.05, 0) is 55.8 Å². The lowest BCUT2D eigenvalue weighted by molar-refractivity contribution is 0.182. The monoisotopic (exact) mass is 254 g/mol. The summed E-state index contributed by atoms with van der Waals surface area (Å²) in [6, 6.07) is 0.553. The van der Waals surface area contributed by atoms with Crippen LogP contribution in [0.25, 0.3) is 0 Å². The second-order valence-corrected chi connectivity index (χ2v) is 7.02. The van der Waals surface area contributed by atoms with Gasteiger partial charge in [0, 0.05) is 6.04 Å². The van der Waals surface area contributed by atoms with E-state index in [0.29, 0.717) is 6.04 Å². The lowest BCUT2D eigenvalue weighted by Crippen LogP contribution is -2.42. The number of hydrogen-bond acceptors (Lipinski definition) is 2. The number of nitrogens with two attached hydrogens (primary N) is 1. The van der Waals surface area contributed by atoms with Crippen molar-refractivity contribution in [2.24, 2.45) is 29.5 Å². The van der Waals surface area contributed by atoms with Gasteiger partial charge in [0.05, 0.1) is 0 Å². The van der Waals surface area contributed by atoms with Crippen LogP contribution in [0.5, 0.6) is 0 Å². The van der Waals surface area contributed by atoms with Crippen LogP contribution in [0.2, 0.25) is 0 Å². The molecule has 0 amide bonds. The first-order chi connectivity index (χ1) is 8.54. The first-order valence-corrected chi connectivity index (χ1v) is 8.00. The van der Waals surface area contributed by atoms with Crippen LogP contribution in [0.4, 0.5) is 0 Å². The van der Waals surface area contributed by atoms with E-state index in [1.165, 1.54) is 44.9 Å². The summed E-state index contributed by atoms with van der Waals surface area (Å²) in [5, 5.41) is 0. The van der Waals surface area contributed by atoms with Crippen molar-refractivity contribution in [2.75, 3.05) is 0 Å². The summed E-state index contributed by atoms with van der Waals surface area (Å²) < 4.78 is 0. The Morgan fingerprint density at radius 3 is 1.94 bits per heavy atom. The first-order valence-electron chi connectivity index (χ1n) is 8.00. The number of rotatable bonds is 7. The van der Waals surface area contributed by atoms with E-state index in [1.54, 1.807) is 0 Å². The van der Waals surface area contributed by atoms with Crippen LogP contribution >= 0.6 is 0 Å². The molecule has 0 spiro atoms. The Balaban J connectivity index is 2.29. The fourth-order valence-corrected chi connectivity index (χ4v) is 3.42. The highest BCUT2D eigenvalue weighted by Crippen LogP contribution is 2.35. The lowest BCUT2D eigenvalue weighted by atomic mass is 9.74. The fraction of sp³-hybridized carbons (Fsp3) is 1.00. The van der Waals surface area contributed by atoms with E-state index in [4.69, 9.17) is 5.84 Å². The summed E-state index contributed by atoms with van der Waals surface area (Å²) in [4.78, 5) is 0. The molecule has 0 aromatic carbocycles. The molecule has 1 rings (SSSR count). The molecule has 0 heterocycles. The molecule has 18 heavy (non-hydrogen) atoms. The molecule has 0 radical (unpaired) electrons. The van der Waals surface area contributed by atoms with Gasteiger partial charge in [-0.2, -0.15) is 0 Å². The summed E-state index contributed by atoms with van der Waals surface area (Å²) >= 11 is 0. The molecule has 2 heteroatoms. The lowest BCUT2D eigenvalue weighted by Gasteiger charge is -2.35. The molecule has 1 aliphatic rings. The third-order valence-corrected chi connectivity index (χ3v) is 4.84. The summed E-state index contributed by atoms with van der Waals surface area (Å²) in [6.45, 7) is 9.34. The number of hydrazine groups is 1. The fourth-order valence-electron chi connectivity index (χ4n) is 3.42. The van der Waals surface area contributed by atoms with Crippen molar-refractivity contribution in [3.05, 3.63) is 0 Å². The van der Waals surface area contributed by atoms with Crippen molar-refractivity contribution in [3.8, 4) is 0 Å². The third-order valence-electron chi connectivity index (χ3n) is 4.84. The second kappa shape index (κ2) is 8.16. The zero-order valence-electron chi connectivity index (χ0n) is 12.9. The molecule has 0 bridgehead atoms. The molecule has 2 nitrogen and oxygen atoms in total. The van der Waals surface area contributed by atoms with E-state index in [-0.39, 0.29) is 0 Å². The maximum Gasteiger partial charge on any atom is 0.0238 e. The Bertz CT molecular complexity index is 202. The maximum absolute atomic E-state index is 5.76. The third kappa shape index (κ3) is 5.27. The average molecular weight is 254 g/mol. The molecule has 0 aliphatic heterocycles. The van der Waals surface area contributed by atoms with Crippen molar-refractivity contribution >= 4 is 0 Å². The molecule has 1 unspecified atom stereocenters. The largest absolute Gasteiger partial charge is 0.271 e. The quantitative estimate of drug-likeness (QED) is 0.530. The van der Waals surface area contributed by atoms with E-state index >= 15 is 0 Å². The molecule has 1 fully saturated rings. The van der Waals surface area contributed by atoms with Crippen LogP contribution in [-0.4, -0.2) is 6.04 Å². The van der Waals surface area contributed by atoms with Gasteiger partial charge in [-0.15, -0.1) is 0 Å². The highest BCUT2D eigenvalue weighted by atomic mass is 15.2. The number of nitrogens with one attached hydrogen (secondary N) is 1. The van der Waals surface area contributed by atoms with Crippen LogP contribution in [0.15, 0.2) is 0 Å². The molecular formula is C16H34N2. The Hall–Kier alpha value is -0.0800. The molecule has 0 aromatic rings. The van der Waals surface area contributed by atoms with Gasteiger partial charge in [0.15, 0.2) is 0 Å². The molecule has 0 saturated heterocycles. The summed E-state index contributed by atoms with van der Waals surface area (Å²) in [6.07, 6.45) is 9.47. The van der Waals surface area contributed by atoms with Crippen molar-refractivity contribution in [2.45, 2.75) is 78.7 Å². The van der Waals surface area contributed by atoms with Crippen LogP contribution in [0, 0.1) is 23.7 Å². The molecule has 108 valence electrons. The van der Waals surface area contributed by atoms with Crippen LogP contribution in [-0.2, 0) is 0 Å². The average Bonchev–Trinajstić information content (AvgIpc) is 2.34. The predicted octanol–water partition coefficient (Wildman–Crippen LogP) is 4.11. The second-order valence-electron chi connectivity index (χ2n) is 7.02. The minimum Gasteiger partial charge on any atom is -0.271 e. The van der Waals surface area contributed by atoms with Crippen molar-refractivity contribution < 1.29 is 0 Å². The van der Waals surface area contributed by atoms with Gasteiger partial charge >= 0.3 is 0 Å². The Kier molecular flexibility index (Phi) is 7.25. The Morgan fingerprint density at radius 1 is 0.944 bits per heavy atom. The molecule has 0 aromatic heterocycles. The summed E-state index contributed by atoms with van der Waals surface area (Å²) in [5.41, 5.74) is 3.09. The summed E-state index contributed by atoms with van der Waals surface area (Å²) in [7, 11) is 0. The molecule has 1 atom stereocenters. The van der Waals surface area contributed by atoms with Crippen molar-refractivity contribution in [1.29, 1.82) is 0 Å². The minimum atomic E-state index is 0.553. The van der Waals surface area contributed by atoms with E-state index < -0.39 is 0 Å². The van der Waals surface area contributed by atoms with Gasteiger partial charge < -0.3 is 0 Å². The van der Waals surface area contributed by atoms with Gasteiger partial charge in [-0.1, -0.05) is 40.5 Å². The van der Waals surface area contributed by atoms with Gasteiger partial charge in [0.2, 0.25) is 0 Å². The Labute approximate surface area is 114 Å². The van der Waals surface area contributed by atoms with E-state index in [9.17, 15) is 0 Å². The van der Waals surface area contributed by atoms with Crippen molar-refractivity contribution in [3.63, 3.8) is 0 Å². The Morgan fingerprint density at radius 2 is 1.50 bits per heavy atom. The van der Waals surface area contributed by atoms with Gasteiger partial charge in [-0.3, -0.25) is 11.3 Å². The minimum absolute atomic E-state index is 0.553. The van der Waals surface area contributed by atoms with E-state index in [2.05, 4.69) is 33.1 Å². The first kappa shape index (κ1) is 16.0. The highest BCUT2D eigenvalue weighted by molar-refractivity contribution is 4.81. The maximum atomic E-state index is 5.76. The van der Waals surface area contributed by atoms with Crippen molar-refractivity contribution in [1.82, 2.24) is 5.43 Å². The SMILES string of the molecule is CC(C)CCCC(NN)C1CCC(C(C)C)CC1. The van der Waals surface area contributed by atoms with Gasteiger partial charge in [0.1, 0.15) is 0 Å². The van der Waals surface area contributed by atoms with Gasteiger partial charge in [-0.25, -0.2) is 0 Å². The van der Waals surface area contributed by atoms with E-state index in [1.807, 2.05) is 0 Å². The molecule has 3 N–H and O–H groups in total. The van der Waals surface area contributed by atoms with Crippen LogP contribution in [0.1, 0.15) is 72.6 Å². The molecule has 1 aliphatic carbocycles. The van der Waals surface area contributed by atoms with Gasteiger partial charge in [0.25, 0.3) is 0 Å². The standard InChI is InChI=1S/C16H34N2/c1-12(2)6-5-7-16(18-17)15-10-8-14(9-11-15)13(3)4/h12-16,18H,5-11,17H2,1-4H3. The molecular weight excluding hydrogens is 220 g/mol. The topological polar surface area (TPSA) is 38.0 Å². The predicted molar refractivity (Wildman–Crippen MR) is 80.1 cm³/mol. The summed E-state index contributed by atoms with van der Waals surface area (Å²) in [5.74, 6) is 9.21.